The van der Waals surface area contributed by atoms with E-state index in [1.807, 2.05) is 6.92 Å². The van der Waals surface area contributed by atoms with Crippen molar-refractivity contribution in [2.45, 2.75) is 32.8 Å². The first kappa shape index (κ1) is 16.1. The number of nitrogens with zero attached hydrogens (tertiary/aromatic N) is 1. The summed E-state index contributed by atoms with van der Waals surface area (Å²) in [5.41, 5.74) is 4.95. The summed E-state index contributed by atoms with van der Waals surface area (Å²) in [6.45, 7) is 5.37. The van der Waals surface area contributed by atoms with Crippen LogP contribution in [-0.4, -0.2) is 24.0 Å². The Labute approximate surface area is 140 Å². The van der Waals surface area contributed by atoms with Crippen LogP contribution in [0.1, 0.15) is 45.4 Å². The molecular weight excluding hydrogens is 308 g/mol. The Bertz CT molecular complexity index is 666. The lowest BCUT2D eigenvalue weighted by molar-refractivity contribution is -0.0272. The average Bonchev–Trinajstić information content (AvgIpc) is 3.00. The number of benzene rings is 1. The maximum absolute atomic E-state index is 12.3. The van der Waals surface area contributed by atoms with Gasteiger partial charge in [0.05, 0.1) is 17.3 Å². The monoisotopic (exact) mass is 330 g/mol. The van der Waals surface area contributed by atoms with Crippen LogP contribution < -0.4 is 5.32 Å². The van der Waals surface area contributed by atoms with Crippen LogP contribution in [0.25, 0.3) is 0 Å². The number of aromatic nitrogens is 1. The van der Waals surface area contributed by atoms with Crippen molar-refractivity contribution in [1.82, 2.24) is 10.3 Å². The van der Waals surface area contributed by atoms with Gasteiger partial charge in [-0.2, -0.15) is 0 Å². The Hall–Kier alpha value is -1.72. The number of carbonyl (C=O) groups is 1. The Morgan fingerprint density at radius 2 is 2.13 bits per heavy atom. The lowest BCUT2D eigenvalue weighted by atomic mass is 9.89. The zero-order chi connectivity index (χ0) is 16.2. The van der Waals surface area contributed by atoms with Gasteiger partial charge in [-0.25, -0.2) is 4.98 Å². The van der Waals surface area contributed by atoms with Crippen LogP contribution in [0.3, 0.4) is 0 Å². The molecule has 122 valence electrons. The van der Waals surface area contributed by atoms with Crippen molar-refractivity contribution >= 4 is 17.2 Å². The molecule has 0 spiro atoms. The van der Waals surface area contributed by atoms with E-state index in [-0.39, 0.29) is 12.0 Å². The Morgan fingerprint density at radius 3 is 2.83 bits per heavy atom. The molecule has 1 aromatic heterocycles. The van der Waals surface area contributed by atoms with Crippen LogP contribution in [0, 0.1) is 19.8 Å². The normalized spacial score (nSPS) is 21.1. The zero-order valence-electron chi connectivity index (χ0n) is 13.5. The Kier molecular flexibility index (Phi) is 5.08. The summed E-state index contributed by atoms with van der Waals surface area (Å²) < 4.78 is 6.00. The SMILES string of the molecule is Cc1ccc([C@@H]2OCCC[C@H]2CNC(=O)c2scnc2C)cc1. The number of hydrogen-bond acceptors (Lipinski definition) is 4. The minimum Gasteiger partial charge on any atom is -0.373 e. The number of carbonyl (C=O) groups excluding carboxylic acids is 1. The summed E-state index contributed by atoms with van der Waals surface area (Å²) in [7, 11) is 0. The first-order valence-corrected chi connectivity index (χ1v) is 8.89. The van der Waals surface area contributed by atoms with E-state index in [4.69, 9.17) is 4.74 Å². The Balaban J connectivity index is 1.66. The molecule has 1 fully saturated rings. The van der Waals surface area contributed by atoms with Crippen molar-refractivity contribution in [3.63, 3.8) is 0 Å². The first-order chi connectivity index (χ1) is 11.1. The molecule has 2 atom stereocenters. The number of hydrogen-bond donors (Lipinski definition) is 1. The van der Waals surface area contributed by atoms with Gasteiger partial charge >= 0.3 is 0 Å². The van der Waals surface area contributed by atoms with Crippen molar-refractivity contribution in [3.05, 3.63) is 51.5 Å². The highest BCUT2D eigenvalue weighted by Gasteiger charge is 2.28. The molecule has 0 saturated carbocycles. The third-order valence-electron chi connectivity index (χ3n) is 4.33. The largest absolute Gasteiger partial charge is 0.373 e. The predicted molar refractivity (Wildman–Crippen MR) is 91.8 cm³/mol. The number of ether oxygens (including phenoxy) is 1. The minimum absolute atomic E-state index is 0.0294. The summed E-state index contributed by atoms with van der Waals surface area (Å²) in [6, 6.07) is 8.49. The van der Waals surface area contributed by atoms with Crippen LogP contribution in [-0.2, 0) is 4.74 Å². The second-order valence-corrected chi connectivity index (χ2v) is 6.94. The second kappa shape index (κ2) is 7.23. The fraction of sp³-hybridized carbons (Fsp3) is 0.444. The maximum atomic E-state index is 12.3. The van der Waals surface area contributed by atoms with E-state index in [2.05, 4.69) is 41.5 Å². The fourth-order valence-electron chi connectivity index (χ4n) is 3.00. The summed E-state index contributed by atoms with van der Waals surface area (Å²) in [5, 5.41) is 3.06. The van der Waals surface area contributed by atoms with Gasteiger partial charge in [0.1, 0.15) is 4.88 Å². The number of nitrogens with one attached hydrogen (secondary N) is 1. The van der Waals surface area contributed by atoms with Gasteiger partial charge in [-0.05, 0) is 32.3 Å². The molecule has 1 amide bonds. The smallest absolute Gasteiger partial charge is 0.263 e. The van der Waals surface area contributed by atoms with Gasteiger partial charge in [-0.1, -0.05) is 29.8 Å². The highest BCUT2D eigenvalue weighted by Crippen LogP contribution is 2.33. The van der Waals surface area contributed by atoms with E-state index in [0.29, 0.717) is 17.3 Å². The topological polar surface area (TPSA) is 51.2 Å². The van der Waals surface area contributed by atoms with Crippen LogP contribution in [0.5, 0.6) is 0 Å². The Morgan fingerprint density at radius 1 is 1.35 bits per heavy atom. The summed E-state index contributed by atoms with van der Waals surface area (Å²) in [5.74, 6) is 0.280. The molecule has 2 heterocycles. The van der Waals surface area contributed by atoms with E-state index in [1.54, 1.807) is 5.51 Å². The van der Waals surface area contributed by atoms with Crippen molar-refractivity contribution in [3.8, 4) is 0 Å². The molecule has 0 aliphatic carbocycles. The highest BCUT2D eigenvalue weighted by atomic mass is 32.1. The lowest BCUT2D eigenvalue weighted by Gasteiger charge is -2.32. The summed E-state index contributed by atoms with van der Waals surface area (Å²) in [4.78, 5) is 17.1. The van der Waals surface area contributed by atoms with Gasteiger partial charge in [-0.15, -0.1) is 11.3 Å². The van der Waals surface area contributed by atoms with Crippen LogP contribution in [0.4, 0.5) is 0 Å². The molecular formula is C18H22N2O2S. The standard InChI is InChI=1S/C18H22N2O2S/c1-12-5-7-14(8-6-12)16-15(4-3-9-22-16)10-19-18(21)17-13(2)20-11-23-17/h5-8,11,15-16H,3-4,9-10H2,1-2H3,(H,19,21)/t15-,16-/m0/s1. The van der Waals surface area contributed by atoms with Gasteiger partial charge in [0, 0.05) is 19.1 Å². The minimum atomic E-state index is -0.0294. The predicted octanol–water partition coefficient (Wildman–Crippen LogP) is 3.66. The molecule has 0 bridgehead atoms. The van der Waals surface area contributed by atoms with Crippen LogP contribution in [0.2, 0.25) is 0 Å². The molecule has 4 nitrogen and oxygen atoms in total. The third kappa shape index (κ3) is 3.79. The van der Waals surface area contributed by atoms with Gasteiger partial charge in [0.2, 0.25) is 0 Å². The molecule has 0 unspecified atom stereocenters. The molecule has 1 N–H and O–H groups in total. The summed E-state index contributed by atoms with van der Waals surface area (Å²) in [6.07, 6.45) is 2.18. The molecule has 1 aromatic carbocycles. The molecule has 1 aliphatic rings. The van der Waals surface area contributed by atoms with Crippen molar-refractivity contribution in [1.29, 1.82) is 0 Å². The highest BCUT2D eigenvalue weighted by molar-refractivity contribution is 7.11. The van der Waals surface area contributed by atoms with Crippen LogP contribution >= 0.6 is 11.3 Å². The molecule has 3 rings (SSSR count). The number of thiazole rings is 1. The van der Waals surface area contributed by atoms with Crippen molar-refractivity contribution in [2.24, 2.45) is 5.92 Å². The molecule has 1 saturated heterocycles. The second-order valence-electron chi connectivity index (χ2n) is 6.08. The number of rotatable bonds is 4. The van der Waals surface area contributed by atoms with E-state index < -0.39 is 0 Å². The first-order valence-electron chi connectivity index (χ1n) is 8.01. The van der Waals surface area contributed by atoms with Crippen LogP contribution in [0.15, 0.2) is 29.8 Å². The maximum Gasteiger partial charge on any atom is 0.263 e. The fourth-order valence-corrected chi connectivity index (χ4v) is 3.72. The quantitative estimate of drug-likeness (QED) is 0.931. The van der Waals surface area contributed by atoms with E-state index in [1.165, 1.54) is 22.5 Å². The average molecular weight is 330 g/mol. The number of amides is 1. The lowest BCUT2D eigenvalue weighted by Crippen LogP contribution is -2.35. The van der Waals surface area contributed by atoms with Gasteiger partial charge in [-0.3, -0.25) is 4.79 Å². The van der Waals surface area contributed by atoms with Crippen molar-refractivity contribution < 1.29 is 9.53 Å². The molecule has 2 aromatic rings. The summed E-state index contributed by atoms with van der Waals surface area (Å²) >= 11 is 1.39. The van der Waals surface area contributed by atoms with Gasteiger partial charge in [0.25, 0.3) is 5.91 Å². The zero-order valence-corrected chi connectivity index (χ0v) is 14.4. The van der Waals surface area contributed by atoms with E-state index in [0.717, 1.165) is 25.1 Å². The van der Waals surface area contributed by atoms with E-state index in [9.17, 15) is 4.79 Å². The number of aryl methyl sites for hydroxylation is 2. The van der Waals surface area contributed by atoms with Gasteiger partial charge in [0.15, 0.2) is 0 Å². The molecule has 1 aliphatic heterocycles. The third-order valence-corrected chi connectivity index (χ3v) is 5.25. The van der Waals surface area contributed by atoms with E-state index >= 15 is 0 Å². The molecule has 5 heteroatoms. The molecule has 23 heavy (non-hydrogen) atoms. The van der Waals surface area contributed by atoms with Crippen molar-refractivity contribution in [2.75, 3.05) is 13.2 Å². The molecule has 0 radical (unpaired) electrons. The van der Waals surface area contributed by atoms with Gasteiger partial charge < -0.3 is 10.1 Å².